The van der Waals surface area contributed by atoms with Crippen LogP contribution in [-0.2, 0) is 5.54 Å². The van der Waals surface area contributed by atoms with Gasteiger partial charge in [-0.1, -0.05) is 17.7 Å². The van der Waals surface area contributed by atoms with E-state index in [4.69, 9.17) is 22.1 Å². The van der Waals surface area contributed by atoms with Crippen molar-refractivity contribution < 1.29 is 4.74 Å². The zero-order valence-electron chi connectivity index (χ0n) is 9.02. The monoisotopic (exact) mass is 213 g/mol. The largest absolute Gasteiger partial charge is 0.496 e. The Hall–Kier alpha value is -0.730. The highest BCUT2D eigenvalue weighted by Crippen LogP contribution is 2.36. The van der Waals surface area contributed by atoms with E-state index in [9.17, 15) is 0 Å². The molecule has 0 atom stereocenters. The van der Waals surface area contributed by atoms with Crippen LogP contribution >= 0.6 is 11.6 Å². The molecule has 3 heteroatoms. The molecule has 2 nitrogen and oxygen atoms in total. The van der Waals surface area contributed by atoms with Gasteiger partial charge in [-0.2, -0.15) is 0 Å². The van der Waals surface area contributed by atoms with Gasteiger partial charge < -0.3 is 10.5 Å². The lowest BCUT2D eigenvalue weighted by molar-refractivity contribution is 0.394. The van der Waals surface area contributed by atoms with E-state index < -0.39 is 5.54 Å². The molecule has 1 rings (SSSR count). The van der Waals surface area contributed by atoms with E-state index in [0.29, 0.717) is 5.02 Å². The molecular weight excluding hydrogens is 198 g/mol. The molecule has 0 saturated heterocycles. The maximum Gasteiger partial charge on any atom is 0.125 e. The van der Waals surface area contributed by atoms with Crippen LogP contribution in [0.3, 0.4) is 0 Å². The molecule has 14 heavy (non-hydrogen) atoms. The number of rotatable bonds is 2. The van der Waals surface area contributed by atoms with Crippen LogP contribution in [0.1, 0.15) is 25.0 Å². The standard InChI is InChI=1S/C11H16ClNO/c1-7-5-6-8(14-4)9(10(7)12)11(2,3)13/h5-6H,13H2,1-4H3. The molecule has 0 amide bonds. The topological polar surface area (TPSA) is 35.2 Å². The summed E-state index contributed by atoms with van der Waals surface area (Å²) in [4.78, 5) is 0. The van der Waals surface area contributed by atoms with Gasteiger partial charge in [0, 0.05) is 11.1 Å². The molecule has 0 heterocycles. The summed E-state index contributed by atoms with van der Waals surface area (Å²) in [6.45, 7) is 5.78. The van der Waals surface area contributed by atoms with Gasteiger partial charge in [-0.15, -0.1) is 0 Å². The zero-order chi connectivity index (χ0) is 10.9. The molecule has 0 aliphatic heterocycles. The van der Waals surface area contributed by atoms with Crippen molar-refractivity contribution in [3.05, 3.63) is 28.3 Å². The molecule has 0 aliphatic rings. The van der Waals surface area contributed by atoms with Crippen LogP contribution in [0.25, 0.3) is 0 Å². The van der Waals surface area contributed by atoms with E-state index in [1.807, 2.05) is 32.9 Å². The molecule has 0 aliphatic carbocycles. The van der Waals surface area contributed by atoms with Crippen LogP contribution in [0.15, 0.2) is 12.1 Å². The summed E-state index contributed by atoms with van der Waals surface area (Å²) in [5, 5.41) is 0.692. The molecule has 1 aromatic carbocycles. The van der Waals surface area contributed by atoms with E-state index in [0.717, 1.165) is 16.9 Å². The molecule has 0 radical (unpaired) electrons. The SMILES string of the molecule is COc1ccc(C)c(Cl)c1C(C)(C)N. The zero-order valence-corrected chi connectivity index (χ0v) is 9.77. The maximum absolute atomic E-state index is 6.20. The number of hydrogen-bond acceptors (Lipinski definition) is 2. The average molecular weight is 214 g/mol. The van der Waals surface area contributed by atoms with Crippen molar-refractivity contribution in [2.75, 3.05) is 7.11 Å². The Bertz CT molecular complexity index is 342. The van der Waals surface area contributed by atoms with Gasteiger partial charge in [0.05, 0.1) is 12.1 Å². The lowest BCUT2D eigenvalue weighted by Gasteiger charge is -2.24. The molecule has 0 saturated carbocycles. The minimum absolute atomic E-state index is 0.492. The van der Waals surface area contributed by atoms with Crippen LogP contribution in [0.2, 0.25) is 5.02 Å². The highest BCUT2D eigenvalue weighted by atomic mass is 35.5. The number of methoxy groups -OCH3 is 1. The van der Waals surface area contributed by atoms with E-state index in [1.165, 1.54) is 0 Å². The van der Waals surface area contributed by atoms with Crippen molar-refractivity contribution in [3.8, 4) is 5.75 Å². The van der Waals surface area contributed by atoms with Gasteiger partial charge in [-0.05, 0) is 32.4 Å². The van der Waals surface area contributed by atoms with E-state index in [1.54, 1.807) is 7.11 Å². The van der Waals surface area contributed by atoms with E-state index in [2.05, 4.69) is 0 Å². The van der Waals surface area contributed by atoms with E-state index >= 15 is 0 Å². The number of ether oxygens (including phenoxy) is 1. The van der Waals surface area contributed by atoms with Crippen molar-refractivity contribution >= 4 is 11.6 Å². The Kier molecular flexibility index (Phi) is 3.07. The second-order valence-electron chi connectivity index (χ2n) is 4.00. The molecule has 0 bridgehead atoms. The van der Waals surface area contributed by atoms with Gasteiger partial charge in [0.25, 0.3) is 0 Å². The molecule has 0 aromatic heterocycles. The number of nitrogens with two attached hydrogens (primary N) is 1. The van der Waals surface area contributed by atoms with Gasteiger partial charge in [0.2, 0.25) is 0 Å². The number of hydrogen-bond donors (Lipinski definition) is 1. The Morgan fingerprint density at radius 3 is 2.36 bits per heavy atom. The van der Waals surface area contributed by atoms with Gasteiger partial charge in [0.1, 0.15) is 5.75 Å². The third-order valence-corrected chi connectivity index (χ3v) is 2.65. The van der Waals surface area contributed by atoms with Crippen LogP contribution in [0.5, 0.6) is 5.75 Å². The second kappa shape index (κ2) is 3.79. The quantitative estimate of drug-likeness (QED) is 0.820. The van der Waals surface area contributed by atoms with Crippen molar-refractivity contribution in [2.45, 2.75) is 26.3 Å². The summed E-state index contributed by atoms with van der Waals surface area (Å²) in [6, 6.07) is 3.82. The molecule has 0 unspecified atom stereocenters. The summed E-state index contributed by atoms with van der Waals surface area (Å²) in [5.41, 5.74) is 7.42. The fourth-order valence-corrected chi connectivity index (χ4v) is 1.83. The summed E-state index contributed by atoms with van der Waals surface area (Å²) in [5.74, 6) is 0.744. The van der Waals surface area contributed by atoms with Gasteiger partial charge in [-0.25, -0.2) is 0 Å². The number of aryl methyl sites for hydroxylation is 1. The predicted molar refractivity (Wildman–Crippen MR) is 60.0 cm³/mol. The molecular formula is C11H16ClNO. The van der Waals surface area contributed by atoms with Crippen molar-refractivity contribution in [2.24, 2.45) is 5.73 Å². The van der Waals surface area contributed by atoms with Crippen LogP contribution in [-0.4, -0.2) is 7.11 Å². The second-order valence-corrected chi connectivity index (χ2v) is 4.37. The maximum atomic E-state index is 6.20. The molecule has 78 valence electrons. The Morgan fingerprint density at radius 2 is 1.93 bits per heavy atom. The van der Waals surface area contributed by atoms with Crippen molar-refractivity contribution in [3.63, 3.8) is 0 Å². The molecule has 1 aromatic rings. The molecule has 0 spiro atoms. The van der Waals surface area contributed by atoms with E-state index in [-0.39, 0.29) is 0 Å². The normalized spacial score (nSPS) is 11.6. The number of halogens is 1. The van der Waals surface area contributed by atoms with Gasteiger partial charge >= 0.3 is 0 Å². The van der Waals surface area contributed by atoms with Crippen molar-refractivity contribution in [1.29, 1.82) is 0 Å². The Balaban J connectivity index is 3.44. The fourth-order valence-electron chi connectivity index (χ4n) is 1.43. The van der Waals surface area contributed by atoms with Gasteiger partial charge in [0.15, 0.2) is 0 Å². The number of benzene rings is 1. The summed E-state index contributed by atoms with van der Waals surface area (Å²) >= 11 is 6.20. The van der Waals surface area contributed by atoms with Crippen LogP contribution in [0, 0.1) is 6.92 Å². The first-order valence-corrected chi connectivity index (χ1v) is 4.88. The highest BCUT2D eigenvalue weighted by molar-refractivity contribution is 6.32. The first-order chi connectivity index (χ1) is 6.38. The predicted octanol–water partition coefficient (Wildman–Crippen LogP) is 2.85. The average Bonchev–Trinajstić information content (AvgIpc) is 2.07. The summed E-state index contributed by atoms with van der Waals surface area (Å²) < 4.78 is 5.24. The molecule has 0 fully saturated rings. The smallest absolute Gasteiger partial charge is 0.125 e. The third kappa shape index (κ3) is 2.02. The lowest BCUT2D eigenvalue weighted by atomic mass is 9.93. The minimum Gasteiger partial charge on any atom is -0.496 e. The lowest BCUT2D eigenvalue weighted by Crippen LogP contribution is -2.29. The Labute approximate surface area is 90.0 Å². The van der Waals surface area contributed by atoms with Crippen LogP contribution < -0.4 is 10.5 Å². The fraction of sp³-hybridized carbons (Fsp3) is 0.455. The first-order valence-electron chi connectivity index (χ1n) is 4.50. The highest BCUT2D eigenvalue weighted by Gasteiger charge is 2.23. The minimum atomic E-state index is -0.492. The first kappa shape index (κ1) is 11.3. The van der Waals surface area contributed by atoms with Gasteiger partial charge in [-0.3, -0.25) is 0 Å². The van der Waals surface area contributed by atoms with Crippen LogP contribution in [0.4, 0.5) is 0 Å². The third-order valence-electron chi connectivity index (χ3n) is 2.16. The summed E-state index contributed by atoms with van der Waals surface area (Å²) in [7, 11) is 1.62. The van der Waals surface area contributed by atoms with Crippen molar-refractivity contribution in [1.82, 2.24) is 0 Å². The Morgan fingerprint density at radius 1 is 1.36 bits per heavy atom. The molecule has 2 N–H and O–H groups in total. The summed E-state index contributed by atoms with van der Waals surface area (Å²) in [6.07, 6.45) is 0.